The normalized spacial score (nSPS) is 28.7. The third-order valence-electron chi connectivity index (χ3n) is 7.07. The zero-order valence-electron chi connectivity index (χ0n) is 15.7. The van der Waals surface area contributed by atoms with Crippen molar-refractivity contribution in [3.63, 3.8) is 0 Å². The van der Waals surface area contributed by atoms with Gasteiger partial charge in [-0.3, -0.25) is 4.79 Å². The lowest BCUT2D eigenvalue weighted by Crippen LogP contribution is -2.37. The number of nitrogens with zero attached hydrogens (tertiary/aromatic N) is 1. The van der Waals surface area contributed by atoms with Crippen molar-refractivity contribution in [2.45, 2.75) is 56.9 Å². The van der Waals surface area contributed by atoms with Crippen molar-refractivity contribution in [3.8, 4) is 0 Å². The second-order valence-electron chi connectivity index (χ2n) is 8.81. The van der Waals surface area contributed by atoms with Crippen molar-refractivity contribution in [2.24, 2.45) is 11.8 Å². The molecular weight excluding hydrogens is 322 g/mol. The van der Waals surface area contributed by atoms with Gasteiger partial charge in [0.05, 0.1) is 0 Å². The van der Waals surface area contributed by atoms with Crippen LogP contribution in [-0.2, 0) is 11.2 Å². The van der Waals surface area contributed by atoms with Gasteiger partial charge in [-0.05, 0) is 81.3 Å². The van der Waals surface area contributed by atoms with Gasteiger partial charge in [-0.2, -0.15) is 0 Å². The van der Waals surface area contributed by atoms with Crippen LogP contribution in [0.15, 0.2) is 18.2 Å². The number of rotatable bonds is 5. The Hall–Kier alpha value is -1.39. The molecule has 1 aromatic carbocycles. The predicted octanol–water partition coefficient (Wildman–Crippen LogP) is 2.82. The van der Waals surface area contributed by atoms with E-state index in [1.807, 2.05) is 0 Å². The van der Waals surface area contributed by atoms with Gasteiger partial charge in [-0.25, -0.2) is 0 Å². The molecule has 1 saturated heterocycles. The summed E-state index contributed by atoms with van der Waals surface area (Å²) in [5, 5.41) is 7.25. The van der Waals surface area contributed by atoms with E-state index in [-0.39, 0.29) is 0 Å². The fraction of sp³-hybridized carbons (Fsp3) is 0.682. The first-order valence-corrected chi connectivity index (χ1v) is 10.7. The van der Waals surface area contributed by atoms with Gasteiger partial charge in [0, 0.05) is 30.1 Å². The fourth-order valence-corrected chi connectivity index (χ4v) is 4.95. The van der Waals surface area contributed by atoms with Crippen LogP contribution >= 0.6 is 0 Å². The van der Waals surface area contributed by atoms with E-state index < -0.39 is 0 Å². The van der Waals surface area contributed by atoms with Crippen LogP contribution in [0.1, 0.15) is 55.6 Å². The highest BCUT2D eigenvalue weighted by molar-refractivity contribution is 5.97. The lowest BCUT2D eigenvalue weighted by Gasteiger charge is -2.29. The van der Waals surface area contributed by atoms with Crippen LogP contribution < -0.4 is 15.5 Å². The number of hydrogen-bond donors (Lipinski definition) is 2. The smallest absolute Gasteiger partial charge is 0.230 e. The Morgan fingerprint density at radius 2 is 2.04 bits per heavy atom. The summed E-state index contributed by atoms with van der Waals surface area (Å²) in [4.78, 5) is 14.7. The van der Waals surface area contributed by atoms with E-state index in [9.17, 15) is 4.79 Å². The van der Waals surface area contributed by atoms with Crippen LogP contribution in [0, 0.1) is 11.8 Å². The largest absolute Gasteiger partial charge is 0.317 e. The lowest BCUT2D eigenvalue weighted by molar-refractivity contribution is -0.124. The van der Waals surface area contributed by atoms with Gasteiger partial charge in [0.15, 0.2) is 0 Å². The molecule has 1 amide bonds. The van der Waals surface area contributed by atoms with E-state index in [0.29, 0.717) is 23.8 Å². The number of nitrogens with one attached hydrogen (secondary N) is 2. The van der Waals surface area contributed by atoms with Crippen molar-refractivity contribution in [2.75, 3.05) is 31.1 Å². The van der Waals surface area contributed by atoms with E-state index in [1.165, 1.54) is 62.1 Å². The minimum absolute atomic E-state index is 0.299. The Kier molecular flexibility index (Phi) is 4.49. The molecule has 2 heterocycles. The molecule has 0 bridgehead atoms. The number of benzene rings is 1. The first-order chi connectivity index (χ1) is 12.8. The molecule has 2 N–H and O–H groups in total. The standard InChI is InChI=1S/C22H31N3O/c26-22(16-2-1-3-16)25-11-8-18-12-17(4-5-21(18)25)19-13-20(19)24-14-15-6-9-23-10-7-15/h4-5,12,15-16,19-20,23-24H,1-3,6-11,13-14H2/t19-,20?/m1/s1. The number of carbonyl (C=O) groups excluding carboxylic acids is 1. The van der Waals surface area contributed by atoms with Gasteiger partial charge in [-0.1, -0.05) is 18.6 Å². The summed E-state index contributed by atoms with van der Waals surface area (Å²) in [7, 11) is 0. The predicted molar refractivity (Wildman–Crippen MR) is 105 cm³/mol. The Labute approximate surface area is 156 Å². The molecule has 0 aromatic heterocycles. The zero-order chi connectivity index (χ0) is 17.5. The molecule has 5 rings (SSSR count). The number of fused-ring (bicyclic) bond motifs is 1. The second-order valence-corrected chi connectivity index (χ2v) is 8.81. The van der Waals surface area contributed by atoms with E-state index >= 15 is 0 Å². The lowest BCUT2D eigenvalue weighted by atomic mass is 9.84. The molecule has 140 valence electrons. The Bertz CT molecular complexity index is 678. The molecule has 3 fully saturated rings. The summed E-state index contributed by atoms with van der Waals surface area (Å²) >= 11 is 0. The molecule has 2 saturated carbocycles. The number of hydrogen-bond acceptors (Lipinski definition) is 3. The molecule has 2 aliphatic heterocycles. The van der Waals surface area contributed by atoms with Crippen LogP contribution in [0.3, 0.4) is 0 Å². The van der Waals surface area contributed by atoms with Gasteiger partial charge in [0.1, 0.15) is 0 Å². The maximum Gasteiger partial charge on any atom is 0.230 e. The van der Waals surface area contributed by atoms with E-state index in [1.54, 1.807) is 0 Å². The third kappa shape index (κ3) is 3.18. The average molecular weight is 354 g/mol. The quantitative estimate of drug-likeness (QED) is 0.856. The topological polar surface area (TPSA) is 44.4 Å². The molecule has 0 spiro atoms. The van der Waals surface area contributed by atoms with Crippen molar-refractivity contribution in [1.29, 1.82) is 0 Å². The second kappa shape index (κ2) is 6.97. The van der Waals surface area contributed by atoms with Crippen molar-refractivity contribution < 1.29 is 4.79 Å². The maximum atomic E-state index is 12.6. The SMILES string of the molecule is O=C(C1CCC1)N1CCc2cc([C@H]3CC3NCC3CCNCC3)ccc21. The molecule has 26 heavy (non-hydrogen) atoms. The van der Waals surface area contributed by atoms with Crippen molar-refractivity contribution in [3.05, 3.63) is 29.3 Å². The third-order valence-corrected chi connectivity index (χ3v) is 7.07. The summed E-state index contributed by atoms with van der Waals surface area (Å²) in [6, 6.07) is 7.55. The van der Waals surface area contributed by atoms with Crippen molar-refractivity contribution >= 4 is 11.6 Å². The highest BCUT2D eigenvalue weighted by Gasteiger charge is 2.39. The maximum absolute atomic E-state index is 12.6. The minimum Gasteiger partial charge on any atom is -0.317 e. The fourth-order valence-electron chi connectivity index (χ4n) is 4.95. The Balaban J connectivity index is 1.19. The summed E-state index contributed by atoms with van der Waals surface area (Å²) in [5.74, 6) is 2.20. The number of amides is 1. The summed E-state index contributed by atoms with van der Waals surface area (Å²) in [6.45, 7) is 4.43. The molecular formula is C22H31N3O. The molecule has 1 unspecified atom stereocenters. The molecule has 0 radical (unpaired) electrons. The van der Waals surface area contributed by atoms with Gasteiger partial charge in [-0.15, -0.1) is 0 Å². The number of piperidine rings is 1. The van der Waals surface area contributed by atoms with Gasteiger partial charge in [0.2, 0.25) is 5.91 Å². The molecule has 4 nitrogen and oxygen atoms in total. The van der Waals surface area contributed by atoms with Gasteiger partial charge >= 0.3 is 0 Å². The highest BCUT2D eigenvalue weighted by Crippen LogP contribution is 2.43. The number of carbonyl (C=O) groups is 1. The molecule has 2 aliphatic carbocycles. The van der Waals surface area contributed by atoms with Crippen molar-refractivity contribution in [1.82, 2.24) is 10.6 Å². The van der Waals surface area contributed by atoms with Gasteiger partial charge in [0.25, 0.3) is 0 Å². The van der Waals surface area contributed by atoms with E-state index in [0.717, 1.165) is 31.7 Å². The Morgan fingerprint density at radius 1 is 1.19 bits per heavy atom. The molecule has 4 aliphatic rings. The minimum atomic E-state index is 0.299. The summed E-state index contributed by atoms with van der Waals surface area (Å²) in [6.07, 6.45) is 8.34. The van der Waals surface area contributed by atoms with Crippen LogP contribution in [0.2, 0.25) is 0 Å². The van der Waals surface area contributed by atoms with E-state index in [4.69, 9.17) is 0 Å². The van der Waals surface area contributed by atoms with Crippen LogP contribution in [0.4, 0.5) is 5.69 Å². The zero-order valence-corrected chi connectivity index (χ0v) is 15.7. The van der Waals surface area contributed by atoms with Crippen LogP contribution in [0.5, 0.6) is 0 Å². The monoisotopic (exact) mass is 353 g/mol. The summed E-state index contributed by atoms with van der Waals surface area (Å²) < 4.78 is 0. The Morgan fingerprint density at radius 3 is 2.81 bits per heavy atom. The summed E-state index contributed by atoms with van der Waals surface area (Å²) in [5.41, 5.74) is 4.05. The van der Waals surface area contributed by atoms with Crippen LogP contribution in [0.25, 0.3) is 0 Å². The first kappa shape index (κ1) is 16.8. The molecule has 2 atom stereocenters. The highest BCUT2D eigenvalue weighted by atomic mass is 16.2. The average Bonchev–Trinajstić information content (AvgIpc) is 3.28. The molecule has 4 heteroatoms. The van der Waals surface area contributed by atoms with Crippen LogP contribution in [-0.4, -0.2) is 38.1 Å². The molecule has 1 aromatic rings. The first-order valence-electron chi connectivity index (χ1n) is 10.7. The number of anilines is 1. The van der Waals surface area contributed by atoms with Gasteiger partial charge < -0.3 is 15.5 Å². The van der Waals surface area contributed by atoms with E-state index in [2.05, 4.69) is 33.7 Å².